The Morgan fingerprint density at radius 2 is 1.54 bits per heavy atom. The lowest BCUT2D eigenvalue weighted by molar-refractivity contribution is -0.137. The van der Waals surface area contributed by atoms with Crippen LogP contribution >= 0.6 is 34.2 Å². The van der Waals surface area contributed by atoms with Crippen LogP contribution in [-0.4, -0.2) is 4.98 Å². The molecule has 0 bridgehead atoms. The lowest BCUT2D eigenvalue weighted by atomic mass is 9.79. The summed E-state index contributed by atoms with van der Waals surface area (Å²) in [7, 11) is 0. The first kappa shape index (κ1) is 25.6. The quantitative estimate of drug-likeness (QED) is 0.171. The van der Waals surface area contributed by atoms with Crippen LogP contribution in [0.3, 0.4) is 0 Å². The molecule has 35 heavy (non-hydrogen) atoms. The highest BCUT2D eigenvalue weighted by atomic mass is 127. The van der Waals surface area contributed by atoms with E-state index in [1.807, 2.05) is 54.6 Å². The van der Waals surface area contributed by atoms with Crippen molar-refractivity contribution < 1.29 is 17.6 Å². The van der Waals surface area contributed by atoms with E-state index in [0.717, 1.165) is 26.8 Å². The normalized spacial score (nSPS) is 13.4. The molecule has 8 heteroatoms. The van der Waals surface area contributed by atoms with Crippen molar-refractivity contribution in [2.45, 2.75) is 24.7 Å². The molecule has 0 aliphatic heterocycles. The summed E-state index contributed by atoms with van der Waals surface area (Å²) in [5.41, 5.74) is -0.0258. The molecule has 180 valence electrons. The number of nitrogens with one attached hydrogen (secondary N) is 1. The molecule has 4 rings (SSSR count). The van der Waals surface area contributed by atoms with E-state index in [9.17, 15) is 17.6 Å². The Balaban J connectivity index is 1.93. The molecule has 0 saturated heterocycles. The average Bonchev–Trinajstić information content (AvgIpc) is 2.82. The maximum Gasteiger partial charge on any atom is 0.416 e. The van der Waals surface area contributed by atoms with Gasteiger partial charge in [-0.05, 0) is 81.7 Å². The van der Waals surface area contributed by atoms with Crippen LogP contribution in [0.5, 0.6) is 0 Å². The van der Waals surface area contributed by atoms with E-state index in [4.69, 9.17) is 11.6 Å². The van der Waals surface area contributed by atoms with Gasteiger partial charge < -0.3 is 0 Å². The van der Waals surface area contributed by atoms with E-state index in [0.29, 0.717) is 23.3 Å². The Hall–Kier alpha value is -2.49. The van der Waals surface area contributed by atoms with Crippen molar-refractivity contribution in [3.63, 3.8) is 0 Å². The highest BCUT2D eigenvalue weighted by molar-refractivity contribution is 14.1. The zero-order valence-electron chi connectivity index (χ0n) is 18.3. The topological polar surface area (TPSA) is 24.9 Å². The molecule has 3 aromatic carbocycles. The lowest BCUT2D eigenvalue weighted by Gasteiger charge is -2.36. The van der Waals surface area contributed by atoms with E-state index in [1.54, 1.807) is 12.1 Å². The van der Waals surface area contributed by atoms with Crippen LogP contribution in [0.4, 0.5) is 17.6 Å². The van der Waals surface area contributed by atoms with Crippen molar-refractivity contribution >= 4 is 34.2 Å². The molecule has 1 N–H and O–H groups in total. The van der Waals surface area contributed by atoms with Gasteiger partial charge in [0.2, 0.25) is 0 Å². The number of halogens is 6. The molecule has 0 fully saturated rings. The Morgan fingerprint density at radius 3 is 2.20 bits per heavy atom. The molecule has 0 aliphatic rings. The second kappa shape index (κ2) is 10.6. The Labute approximate surface area is 219 Å². The summed E-state index contributed by atoms with van der Waals surface area (Å²) in [6, 6.07) is 23.0. The molecule has 1 heterocycles. The van der Waals surface area contributed by atoms with E-state index in [1.165, 1.54) is 6.20 Å². The van der Waals surface area contributed by atoms with Gasteiger partial charge in [-0.25, -0.2) is 4.39 Å². The summed E-state index contributed by atoms with van der Waals surface area (Å²) in [5.74, 6) is -0.975. The van der Waals surface area contributed by atoms with Crippen LogP contribution in [-0.2, 0) is 24.7 Å². The molecular weight excluding hydrogens is 591 g/mol. The number of benzene rings is 3. The maximum absolute atomic E-state index is 14.7. The maximum atomic E-state index is 14.7. The van der Waals surface area contributed by atoms with Crippen LogP contribution in [0.1, 0.15) is 27.9 Å². The summed E-state index contributed by atoms with van der Waals surface area (Å²) in [6.07, 6.45) is -3.04. The molecule has 0 saturated carbocycles. The molecule has 4 aromatic rings. The number of aromatic nitrogens is 1. The van der Waals surface area contributed by atoms with Crippen LogP contribution in [0.15, 0.2) is 91.1 Å². The highest BCUT2D eigenvalue weighted by Gasteiger charge is 2.39. The van der Waals surface area contributed by atoms with E-state index >= 15 is 0 Å². The average molecular weight is 611 g/mol. The summed E-state index contributed by atoms with van der Waals surface area (Å²) >= 11 is 8.28. The molecule has 1 aromatic heterocycles. The number of hydrogen-bond acceptors (Lipinski definition) is 2. The standard InChI is InChI=1S/C27H20ClF4IN2/c28-22-9-10-25(34-17-22)26(15-18-5-2-1-3-6-18,35-16-19-7-4-8-24(33)11-19)20-12-21(27(30,31)32)14-23(29)13-20/h1-14,17,35H,15-16H2. The second-order valence-corrected chi connectivity index (χ2v) is 9.82. The third-order valence-electron chi connectivity index (χ3n) is 5.68. The lowest BCUT2D eigenvalue weighted by Crippen LogP contribution is -2.46. The van der Waals surface area contributed by atoms with E-state index in [2.05, 4.69) is 32.9 Å². The van der Waals surface area contributed by atoms with Gasteiger partial charge in [-0.15, -0.1) is 0 Å². The van der Waals surface area contributed by atoms with Crippen LogP contribution < -0.4 is 5.32 Å². The third-order valence-corrected chi connectivity index (χ3v) is 6.57. The van der Waals surface area contributed by atoms with Crippen LogP contribution in [0.2, 0.25) is 5.02 Å². The van der Waals surface area contributed by atoms with Crippen molar-refractivity contribution in [2.75, 3.05) is 0 Å². The largest absolute Gasteiger partial charge is 0.416 e. The third kappa shape index (κ3) is 6.20. The van der Waals surface area contributed by atoms with Gasteiger partial charge in [-0.1, -0.05) is 54.1 Å². The van der Waals surface area contributed by atoms with Gasteiger partial charge >= 0.3 is 6.18 Å². The molecule has 2 nitrogen and oxygen atoms in total. The zero-order chi connectivity index (χ0) is 25.1. The van der Waals surface area contributed by atoms with Crippen LogP contribution in [0.25, 0.3) is 0 Å². The van der Waals surface area contributed by atoms with E-state index < -0.39 is 23.1 Å². The molecule has 0 spiro atoms. The van der Waals surface area contributed by atoms with Crippen molar-refractivity contribution in [3.05, 3.63) is 133 Å². The highest BCUT2D eigenvalue weighted by Crippen LogP contribution is 2.38. The first-order valence-electron chi connectivity index (χ1n) is 10.7. The predicted molar refractivity (Wildman–Crippen MR) is 138 cm³/mol. The number of hydrogen-bond donors (Lipinski definition) is 1. The molecule has 0 radical (unpaired) electrons. The predicted octanol–water partition coefficient (Wildman–Crippen LogP) is 7.77. The molecule has 0 amide bonds. The van der Waals surface area contributed by atoms with Gasteiger partial charge in [0.25, 0.3) is 0 Å². The minimum absolute atomic E-state index is 0.120. The van der Waals surface area contributed by atoms with Gasteiger partial charge in [0.05, 0.1) is 21.8 Å². The van der Waals surface area contributed by atoms with Gasteiger partial charge in [-0.3, -0.25) is 10.3 Å². The number of nitrogens with zero attached hydrogens (tertiary/aromatic N) is 1. The summed E-state index contributed by atoms with van der Waals surface area (Å²) in [4.78, 5) is 4.48. The van der Waals surface area contributed by atoms with Crippen LogP contribution in [0, 0.1) is 9.39 Å². The van der Waals surface area contributed by atoms with Crippen molar-refractivity contribution in [3.8, 4) is 0 Å². The van der Waals surface area contributed by atoms with Gasteiger partial charge in [-0.2, -0.15) is 13.2 Å². The second-order valence-electron chi connectivity index (χ2n) is 8.14. The SMILES string of the molecule is Fc1cc(C(F)(F)F)cc(C(Cc2ccccc2)(NCc2cccc(I)c2)c2ccc(Cl)cn2)c1. The van der Waals surface area contributed by atoms with Crippen molar-refractivity contribution in [1.82, 2.24) is 10.3 Å². The minimum Gasteiger partial charge on any atom is -0.298 e. The van der Waals surface area contributed by atoms with E-state index in [-0.39, 0.29) is 12.0 Å². The summed E-state index contributed by atoms with van der Waals surface area (Å²) in [5, 5.41) is 3.82. The first-order valence-corrected chi connectivity index (χ1v) is 12.2. The zero-order valence-corrected chi connectivity index (χ0v) is 21.2. The summed E-state index contributed by atoms with van der Waals surface area (Å²) < 4.78 is 56.7. The van der Waals surface area contributed by atoms with Gasteiger partial charge in [0.1, 0.15) is 5.82 Å². The number of rotatable bonds is 7. The fourth-order valence-electron chi connectivity index (χ4n) is 4.03. The van der Waals surface area contributed by atoms with Gasteiger partial charge in [0, 0.05) is 22.7 Å². The molecule has 1 unspecified atom stereocenters. The fourth-order valence-corrected chi connectivity index (χ4v) is 4.74. The molecular formula is C27H20ClF4IN2. The Kier molecular flexibility index (Phi) is 7.78. The first-order chi connectivity index (χ1) is 16.7. The number of alkyl halides is 3. The van der Waals surface area contributed by atoms with Gasteiger partial charge in [0.15, 0.2) is 0 Å². The fraction of sp³-hybridized carbons (Fsp3) is 0.148. The smallest absolute Gasteiger partial charge is 0.298 e. The molecule has 1 atom stereocenters. The Morgan fingerprint density at radius 1 is 0.829 bits per heavy atom. The monoisotopic (exact) mass is 610 g/mol. The Bertz CT molecular complexity index is 1300. The number of pyridine rings is 1. The summed E-state index contributed by atoms with van der Waals surface area (Å²) in [6.45, 7) is 0.311. The molecule has 0 aliphatic carbocycles. The minimum atomic E-state index is -4.71. The van der Waals surface area contributed by atoms with Crippen molar-refractivity contribution in [2.24, 2.45) is 0 Å². The van der Waals surface area contributed by atoms with Crippen molar-refractivity contribution in [1.29, 1.82) is 0 Å².